The van der Waals surface area contributed by atoms with Gasteiger partial charge in [-0.3, -0.25) is 4.79 Å². The van der Waals surface area contributed by atoms with E-state index in [1.165, 1.54) is 31.9 Å². The highest BCUT2D eigenvalue weighted by atomic mass is 16.5. The van der Waals surface area contributed by atoms with Crippen LogP contribution in [0.3, 0.4) is 0 Å². The smallest absolute Gasteiger partial charge is 0.328 e. The molecule has 3 atom stereocenters. The van der Waals surface area contributed by atoms with Crippen LogP contribution in [0, 0.1) is 17.3 Å². The van der Waals surface area contributed by atoms with Gasteiger partial charge in [0.15, 0.2) is 0 Å². The lowest BCUT2D eigenvalue weighted by atomic mass is 9.42. The molecule has 4 aliphatic rings. The SMILES string of the molecule is COC(=O)[C@@H](C)NC(=O)CC12C[C@@H]3C[C@@H](C1)CC(c1ccccc1)(C3)C2. The number of ether oxygens (including phenoxy) is 1. The zero-order valence-corrected chi connectivity index (χ0v) is 15.8. The predicted octanol–water partition coefficient (Wildman–Crippen LogP) is 3.59. The summed E-state index contributed by atoms with van der Waals surface area (Å²) in [5.74, 6) is 1.09. The summed E-state index contributed by atoms with van der Waals surface area (Å²) in [6, 6.07) is 10.3. The molecule has 0 aromatic heterocycles. The number of methoxy groups -OCH3 is 1. The van der Waals surface area contributed by atoms with Crippen molar-refractivity contribution in [1.29, 1.82) is 0 Å². The van der Waals surface area contributed by atoms with Gasteiger partial charge in [0.2, 0.25) is 5.91 Å². The van der Waals surface area contributed by atoms with E-state index in [1.807, 2.05) is 0 Å². The summed E-state index contributed by atoms with van der Waals surface area (Å²) in [5, 5.41) is 2.84. The van der Waals surface area contributed by atoms with Crippen LogP contribution < -0.4 is 5.32 Å². The monoisotopic (exact) mass is 355 g/mol. The molecule has 0 saturated heterocycles. The van der Waals surface area contributed by atoms with Crippen molar-refractivity contribution in [2.45, 2.75) is 63.3 Å². The highest BCUT2D eigenvalue weighted by Gasteiger charge is 2.58. The predicted molar refractivity (Wildman–Crippen MR) is 99.5 cm³/mol. The van der Waals surface area contributed by atoms with Gasteiger partial charge in [-0.1, -0.05) is 30.3 Å². The summed E-state index contributed by atoms with van der Waals surface area (Å²) in [6.45, 7) is 1.69. The molecule has 0 heterocycles. The summed E-state index contributed by atoms with van der Waals surface area (Å²) in [6.07, 6.45) is 7.85. The maximum atomic E-state index is 12.7. The quantitative estimate of drug-likeness (QED) is 0.821. The number of rotatable bonds is 5. The molecule has 4 nitrogen and oxygen atoms in total. The molecule has 140 valence electrons. The molecule has 4 saturated carbocycles. The number of esters is 1. The molecule has 4 aliphatic carbocycles. The van der Waals surface area contributed by atoms with Crippen molar-refractivity contribution < 1.29 is 14.3 Å². The van der Waals surface area contributed by atoms with Crippen LogP contribution >= 0.6 is 0 Å². The maximum absolute atomic E-state index is 12.7. The van der Waals surface area contributed by atoms with Crippen LogP contribution in [0.2, 0.25) is 0 Å². The van der Waals surface area contributed by atoms with E-state index in [1.54, 1.807) is 6.92 Å². The lowest BCUT2D eigenvalue weighted by Crippen LogP contribution is -2.55. The summed E-state index contributed by atoms with van der Waals surface area (Å²) in [4.78, 5) is 24.3. The topological polar surface area (TPSA) is 55.4 Å². The number of carbonyl (C=O) groups excluding carboxylic acids is 2. The van der Waals surface area contributed by atoms with E-state index in [-0.39, 0.29) is 22.7 Å². The Kier molecular flexibility index (Phi) is 4.32. The number of hydrogen-bond acceptors (Lipinski definition) is 3. The Hall–Kier alpha value is -1.84. The van der Waals surface area contributed by atoms with Crippen molar-refractivity contribution in [3.8, 4) is 0 Å². The number of hydrogen-bond donors (Lipinski definition) is 1. The molecule has 4 fully saturated rings. The lowest BCUT2D eigenvalue weighted by Gasteiger charge is -2.62. The molecule has 5 rings (SSSR count). The molecule has 1 amide bonds. The van der Waals surface area contributed by atoms with Gasteiger partial charge in [0.05, 0.1) is 7.11 Å². The zero-order chi connectivity index (χ0) is 18.4. The fourth-order valence-corrected chi connectivity index (χ4v) is 6.66. The third kappa shape index (κ3) is 3.04. The first-order valence-corrected chi connectivity index (χ1v) is 9.86. The Bertz CT molecular complexity index is 685. The highest BCUT2D eigenvalue weighted by Crippen LogP contribution is 2.66. The molecule has 0 unspecified atom stereocenters. The third-order valence-electron chi connectivity index (χ3n) is 7.04. The Labute approximate surface area is 155 Å². The molecule has 0 radical (unpaired) electrons. The van der Waals surface area contributed by atoms with E-state index in [9.17, 15) is 9.59 Å². The van der Waals surface area contributed by atoms with Crippen LogP contribution in [-0.4, -0.2) is 25.0 Å². The molecule has 1 N–H and O–H groups in total. The standard InChI is InChI=1S/C22H29NO3/c1-15(20(25)26-2)23-19(24)13-21-9-16-8-17(10-21)12-22(11-16,14-21)18-6-4-3-5-7-18/h3-7,15-17H,8-14H2,1-2H3,(H,23,24)/t15-,16+,17+,21?,22?/m1/s1. The van der Waals surface area contributed by atoms with Gasteiger partial charge in [-0.25, -0.2) is 4.79 Å². The van der Waals surface area contributed by atoms with Crippen LogP contribution in [0.5, 0.6) is 0 Å². The van der Waals surface area contributed by atoms with Crippen molar-refractivity contribution in [1.82, 2.24) is 5.32 Å². The normalized spacial score (nSPS) is 35.8. The summed E-state index contributed by atoms with van der Waals surface area (Å²) >= 11 is 0. The largest absolute Gasteiger partial charge is 0.467 e. The van der Waals surface area contributed by atoms with Crippen LogP contribution in [0.4, 0.5) is 0 Å². The van der Waals surface area contributed by atoms with Crippen LogP contribution in [0.1, 0.15) is 57.4 Å². The van der Waals surface area contributed by atoms with Crippen molar-refractivity contribution in [2.24, 2.45) is 17.3 Å². The fourth-order valence-electron chi connectivity index (χ4n) is 6.66. The van der Waals surface area contributed by atoms with E-state index in [2.05, 4.69) is 35.6 Å². The van der Waals surface area contributed by atoms with E-state index < -0.39 is 6.04 Å². The molecular weight excluding hydrogens is 326 g/mol. The second-order valence-electron chi connectivity index (χ2n) is 9.10. The molecular formula is C22H29NO3. The number of nitrogens with one attached hydrogen (secondary N) is 1. The third-order valence-corrected chi connectivity index (χ3v) is 7.04. The van der Waals surface area contributed by atoms with Crippen molar-refractivity contribution in [2.75, 3.05) is 7.11 Å². The Balaban J connectivity index is 1.53. The van der Waals surface area contributed by atoms with Crippen LogP contribution in [-0.2, 0) is 19.7 Å². The first kappa shape index (κ1) is 17.6. The zero-order valence-electron chi connectivity index (χ0n) is 15.8. The average molecular weight is 355 g/mol. The van der Waals surface area contributed by atoms with Crippen LogP contribution in [0.15, 0.2) is 30.3 Å². The number of benzene rings is 1. The second kappa shape index (κ2) is 6.40. The van der Waals surface area contributed by atoms with Gasteiger partial charge in [-0.05, 0) is 73.7 Å². The minimum absolute atomic E-state index is 0.00642. The maximum Gasteiger partial charge on any atom is 0.328 e. The molecule has 26 heavy (non-hydrogen) atoms. The number of carbonyl (C=O) groups is 2. The minimum atomic E-state index is -0.579. The first-order valence-electron chi connectivity index (χ1n) is 9.86. The summed E-state index contributed by atoms with van der Waals surface area (Å²) in [5.41, 5.74) is 1.81. The first-order chi connectivity index (χ1) is 12.4. The Morgan fingerprint density at radius 1 is 1.15 bits per heavy atom. The van der Waals surface area contributed by atoms with Gasteiger partial charge in [0.1, 0.15) is 6.04 Å². The van der Waals surface area contributed by atoms with Crippen molar-refractivity contribution in [3.63, 3.8) is 0 Å². The molecule has 4 heteroatoms. The van der Waals surface area contributed by atoms with Gasteiger partial charge in [0.25, 0.3) is 0 Å². The van der Waals surface area contributed by atoms with Gasteiger partial charge in [-0.2, -0.15) is 0 Å². The molecule has 0 aliphatic heterocycles. The Morgan fingerprint density at radius 3 is 2.42 bits per heavy atom. The van der Waals surface area contributed by atoms with E-state index in [0.29, 0.717) is 6.42 Å². The van der Waals surface area contributed by atoms with Gasteiger partial charge >= 0.3 is 5.97 Å². The molecule has 4 bridgehead atoms. The minimum Gasteiger partial charge on any atom is -0.467 e. The Morgan fingerprint density at radius 2 is 1.81 bits per heavy atom. The molecule has 1 aromatic rings. The van der Waals surface area contributed by atoms with E-state index in [4.69, 9.17) is 4.74 Å². The highest BCUT2D eigenvalue weighted by molar-refractivity contribution is 5.84. The molecule has 0 spiro atoms. The van der Waals surface area contributed by atoms with Gasteiger partial charge in [-0.15, -0.1) is 0 Å². The lowest BCUT2D eigenvalue weighted by molar-refractivity contribution is -0.146. The van der Waals surface area contributed by atoms with Gasteiger partial charge in [0, 0.05) is 6.42 Å². The second-order valence-corrected chi connectivity index (χ2v) is 9.10. The van der Waals surface area contributed by atoms with E-state index in [0.717, 1.165) is 31.1 Å². The average Bonchev–Trinajstić information content (AvgIpc) is 2.60. The van der Waals surface area contributed by atoms with Crippen molar-refractivity contribution in [3.05, 3.63) is 35.9 Å². The fraction of sp³-hybridized carbons (Fsp3) is 0.636. The molecule has 1 aromatic carbocycles. The van der Waals surface area contributed by atoms with Crippen molar-refractivity contribution >= 4 is 11.9 Å². The summed E-state index contributed by atoms with van der Waals surface area (Å²) in [7, 11) is 1.35. The summed E-state index contributed by atoms with van der Waals surface area (Å²) < 4.78 is 4.73. The van der Waals surface area contributed by atoms with E-state index >= 15 is 0 Å². The van der Waals surface area contributed by atoms with Crippen LogP contribution in [0.25, 0.3) is 0 Å². The van der Waals surface area contributed by atoms with Gasteiger partial charge < -0.3 is 10.1 Å². The number of amides is 1.